The van der Waals surface area contributed by atoms with E-state index < -0.39 is 23.5 Å². The van der Waals surface area contributed by atoms with E-state index in [0.29, 0.717) is 29.4 Å². The normalized spacial score (nSPS) is 19.8. The van der Waals surface area contributed by atoms with Gasteiger partial charge in [0.1, 0.15) is 0 Å². The highest BCUT2D eigenvalue weighted by molar-refractivity contribution is 5.85. The Balaban J connectivity index is 1.96. The molecule has 0 radical (unpaired) electrons. The minimum absolute atomic E-state index is 0.133. The predicted octanol–water partition coefficient (Wildman–Crippen LogP) is 2.98. The van der Waals surface area contributed by atoms with Crippen molar-refractivity contribution in [1.29, 1.82) is 0 Å². The second-order valence-corrected chi connectivity index (χ2v) is 7.54. The largest absolute Gasteiger partial charge is 0.493 e. The number of hydrogen-bond acceptors (Lipinski definition) is 8. The first-order valence-corrected chi connectivity index (χ1v) is 10.2. The summed E-state index contributed by atoms with van der Waals surface area (Å²) in [6.45, 7) is 1.42. The third-order valence-corrected chi connectivity index (χ3v) is 5.59. The van der Waals surface area contributed by atoms with Crippen LogP contribution >= 0.6 is 0 Å². The van der Waals surface area contributed by atoms with E-state index in [9.17, 15) is 9.59 Å². The minimum Gasteiger partial charge on any atom is -0.493 e. The molecule has 0 N–H and O–H groups in total. The lowest BCUT2D eigenvalue weighted by Crippen LogP contribution is -2.48. The number of cyclic esters (lactones) is 1. The summed E-state index contributed by atoms with van der Waals surface area (Å²) in [6.07, 6.45) is 0.580. The van der Waals surface area contributed by atoms with Gasteiger partial charge < -0.3 is 28.4 Å². The van der Waals surface area contributed by atoms with Crippen molar-refractivity contribution < 1.29 is 38.0 Å². The van der Waals surface area contributed by atoms with Gasteiger partial charge in [0.05, 0.1) is 35.0 Å². The van der Waals surface area contributed by atoms with E-state index in [4.69, 9.17) is 28.4 Å². The zero-order chi connectivity index (χ0) is 23.3. The number of rotatable bonds is 9. The van der Waals surface area contributed by atoms with Gasteiger partial charge in [0.25, 0.3) is 0 Å². The average molecular weight is 444 g/mol. The lowest BCUT2D eigenvalue weighted by Gasteiger charge is -2.31. The van der Waals surface area contributed by atoms with Crippen LogP contribution in [0.25, 0.3) is 0 Å². The van der Waals surface area contributed by atoms with Crippen LogP contribution < -0.4 is 18.9 Å². The number of carbonyl (C=O) groups excluding carboxylic acids is 2. The van der Waals surface area contributed by atoms with Crippen LogP contribution in [0.3, 0.4) is 0 Å². The Bertz CT molecular complexity index is 986. The molecule has 0 spiro atoms. The second-order valence-electron chi connectivity index (χ2n) is 7.54. The quantitative estimate of drug-likeness (QED) is 0.546. The van der Waals surface area contributed by atoms with Crippen LogP contribution in [0, 0.1) is 5.92 Å². The Labute approximate surface area is 187 Å². The maximum absolute atomic E-state index is 12.9. The fourth-order valence-corrected chi connectivity index (χ4v) is 4.04. The van der Waals surface area contributed by atoms with Crippen LogP contribution in [-0.2, 0) is 31.9 Å². The Morgan fingerprint density at radius 1 is 0.906 bits per heavy atom. The third-order valence-electron chi connectivity index (χ3n) is 5.59. The Morgan fingerprint density at radius 2 is 1.44 bits per heavy atom. The molecule has 172 valence electrons. The Kier molecular flexibility index (Phi) is 7.12. The van der Waals surface area contributed by atoms with Gasteiger partial charge in [0, 0.05) is 19.3 Å². The van der Waals surface area contributed by atoms with E-state index in [1.54, 1.807) is 39.5 Å². The lowest BCUT2D eigenvalue weighted by atomic mass is 9.80. The van der Waals surface area contributed by atoms with E-state index in [1.165, 1.54) is 14.0 Å². The summed E-state index contributed by atoms with van der Waals surface area (Å²) in [5.74, 6) is 0.749. The van der Waals surface area contributed by atoms with E-state index in [1.807, 2.05) is 18.2 Å². The van der Waals surface area contributed by atoms with E-state index in [-0.39, 0.29) is 13.0 Å². The SMILES string of the molecule is COc1ccc(CC2COC(=O)C2(Cc2ccc(OC)c(OC)c2)OC(C)=O)cc1OC. The third kappa shape index (κ3) is 4.59. The molecule has 0 saturated carbocycles. The van der Waals surface area contributed by atoms with E-state index in [0.717, 1.165) is 11.1 Å². The van der Waals surface area contributed by atoms with Crippen LogP contribution in [0.5, 0.6) is 23.0 Å². The van der Waals surface area contributed by atoms with Crippen LogP contribution in [-0.4, -0.2) is 52.6 Å². The van der Waals surface area contributed by atoms with Crippen LogP contribution in [0.1, 0.15) is 18.1 Å². The van der Waals surface area contributed by atoms with Crippen LogP contribution in [0.2, 0.25) is 0 Å². The first-order valence-electron chi connectivity index (χ1n) is 10.2. The van der Waals surface area contributed by atoms with Crippen molar-refractivity contribution in [3.63, 3.8) is 0 Å². The predicted molar refractivity (Wildman–Crippen MR) is 115 cm³/mol. The van der Waals surface area contributed by atoms with Crippen LogP contribution in [0.15, 0.2) is 36.4 Å². The van der Waals surface area contributed by atoms with Gasteiger partial charge in [-0.05, 0) is 41.8 Å². The molecule has 8 nitrogen and oxygen atoms in total. The van der Waals surface area contributed by atoms with Gasteiger partial charge in [0.2, 0.25) is 5.60 Å². The van der Waals surface area contributed by atoms with Crippen molar-refractivity contribution in [3.05, 3.63) is 47.5 Å². The van der Waals surface area contributed by atoms with Crippen molar-refractivity contribution >= 4 is 11.9 Å². The molecule has 8 heteroatoms. The smallest absolute Gasteiger partial charge is 0.351 e. The zero-order valence-corrected chi connectivity index (χ0v) is 18.9. The Morgan fingerprint density at radius 3 is 1.97 bits per heavy atom. The molecule has 0 aromatic heterocycles. The number of methoxy groups -OCH3 is 4. The summed E-state index contributed by atoms with van der Waals surface area (Å²) in [5.41, 5.74) is 0.188. The summed E-state index contributed by atoms with van der Waals surface area (Å²) < 4.78 is 32.4. The summed E-state index contributed by atoms with van der Waals surface area (Å²) in [7, 11) is 6.21. The maximum Gasteiger partial charge on any atom is 0.351 e. The number of carbonyl (C=O) groups is 2. The highest BCUT2D eigenvalue weighted by Crippen LogP contribution is 2.39. The first-order chi connectivity index (χ1) is 15.4. The molecule has 1 saturated heterocycles. The zero-order valence-electron chi connectivity index (χ0n) is 18.9. The van der Waals surface area contributed by atoms with Crippen molar-refractivity contribution in [2.45, 2.75) is 25.4 Å². The van der Waals surface area contributed by atoms with Gasteiger partial charge in [-0.1, -0.05) is 12.1 Å². The number of hydrogen-bond donors (Lipinski definition) is 0. The van der Waals surface area contributed by atoms with Crippen molar-refractivity contribution in [3.8, 4) is 23.0 Å². The molecule has 0 aliphatic carbocycles. The maximum atomic E-state index is 12.9. The summed E-state index contributed by atoms with van der Waals surface area (Å²) >= 11 is 0. The highest BCUT2D eigenvalue weighted by atomic mass is 16.6. The number of ether oxygens (including phenoxy) is 6. The molecule has 1 heterocycles. The molecule has 0 amide bonds. The van der Waals surface area contributed by atoms with Crippen molar-refractivity contribution in [2.24, 2.45) is 5.92 Å². The fourth-order valence-electron chi connectivity index (χ4n) is 4.04. The van der Waals surface area contributed by atoms with Gasteiger partial charge >= 0.3 is 11.9 Å². The molecule has 2 unspecified atom stereocenters. The fraction of sp³-hybridized carbons (Fsp3) is 0.417. The molecule has 1 aliphatic rings. The summed E-state index contributed by atoms with van der Waals surface area (Å²) in [4.78, 5) is 25.0. The molecule has 32 heavy (non-hydrogen) atoms. The van der Waals surface area contributed by atoms with Gasteiger partial charge in [0.15, 0.2) is 23.0 Å². The molecule has 1 aliphatic heterocycles. The molecule has 2 aromatic carbocycles. The molecular formula is C24H28O8. The molecule has 1 fully saturated rings. The molecule has 3 rings (SSSR count). The van der Waals surface area contributed by atoms with Gasteiger partial charge in [-0.3, -0.25) is 4.79 Å². The summed E-state index contributed by atoms with van der Waals surface area (Å²) in [5, 5.41) is 0. The lowest BCUT2D eigenvalue weighted by molar-refractivity contribution is -0.174. The second kappa shape index (κ2) is 9.80. The standard InChI is InChI=1S/C24H28O8/c1-15(25)32-24(13-17-7-9-20(28-3)22(12-17)30-5)18(14-31-23(24)26)10-16-6-8-19(27-2)21(11-16)29-4/h6-9,11-12,18H,10,13-14H2,1-5H3. The van der Waals surface area contributed by atoms with Crippen molar-refractivity contribution in [1.82, 2.24) is 0 Å². The minimum atomic E-state index is -1.46. The average Bonchev–Trinajstić information content (AvgIpc) is 3.07. The topological polar surface area (TPSA) is 89.5 Å². The first kappa shape index (κ1) is 23.2. The molecule has 2 aromatic rings. The van der Waals surface area contributed by atoms with Gasteiger partial charge in [-0.2, -0.15) is 0 Å². The van der Waals surface area contributed by atoms with Crippen molar-refractivity contribution in [2.75, 3.05) is 35.0 Å². The summed E-state index contributed by atoms with van der Waals surface area (Å²) in [6, 6.07) is 10.9. The molecule has 2 atom stereocenters. The Hall–Kier alpha value is -3.42. The van der Waals surface area contributed by atoms with Gasteiger partial charge in [-0.15, -0.1) is 0 Å². The monoisotopic (exact) mass is 444 g/mol. The van der Waals surface area contributed by atoms with Gasteiger partial charge in [-0.25, -0.2) is 4.79 Å². The van der Waals surface area contributed by atoms with E-state index in [2.05, 4.69) is 0 Å². The number of benzene rings is 2. The molecular weight excluding hydrogens is 416 g/mol. The van der Waals surface area contributed by atoms with Crippen LogP contribution in [0.4, 0.5) is 0 Å². The highest BCUT2D eigenvalue weighted by Gasteiger charge is 2.55. The number of esters is 2. The molecule has 0 bridgehead atoms. The van der Waals surface area contributed by atoms with E-state index >= 15 is 0 Å².